The molecule has 14 unspecified atom stereocenters. The fourth-order valence-electron chi connectivity index (χ4n) is 36.3. The van der Waals surface area contributed by atoms with Crippen molar-refractivity contribution in [3.8, 4) is 0 Å². The van der Waals surface area contributed by atoms with Gasteiger partial charge in [0.1, 0.15) is 0 Å². The Balaban J connectivity index is 0.000000156. The standard InChI is InChI=1S/C17H32.C16H31N.C16H30.C14H27N.C13H25N.2C13H24O.C12H22O/c1-13(2)17(14(3)4)12-15-8-5-6-10-16(17)11-7-9-15;1-12(2)16(13(3)4)8-14-6-5-7-15(9-16)11-17-10-14;1-12(2)16(13(3)4)11-14-7-5-9-15(16)10-6-8-14;1-10(2)14(11(3)4)12-5-6-13(14)9-15-8-7-12;3*1-9(2)13(10(3)4)7-12-6-5-11(13)8-14-12;1-8(2)12(9(3)4)10-5-6-11(12)13-7-10/h13-16H,5-12H2,1-4H3;12-15,17H,5-11H2,1-4H3;12-15H,5-11H2,1-4H3;10-13,15H,5-9H2,1-4H3;9-12,14H,5-8H2,1-4H3;2*9-12H,5-8H2,1-4H3;8-11H,5-7H2,1-4H3. The van der Waals surface area contributed by atoms with Crippen LogP contribution in [0.3, 0.4) is 0 Å². The van der Waals surface area contributed by atoms with Crippen LogP contribution in [0.5, 0.6) is 0 Å². The Labute approximate surface area is 751 Å². The van der Waals surface area contributed by atoms with Gasteiger partial charge in [-0.1, -0.05) is 286 Å². The molecular weight excluding hydrogens is 1460 g/mol. The summed E-state index contributed by atoms with van der Waals surface area (Å²) in [6.07, 6.45) is 51.3. The van der Waals surface area contributed by atoms with Gasteiger partial charge in [-0.15, -0.1) is 0 Å². The Kier molecular flexibility index (Phi) is 38.6. The highest BCUT2D eigenvalue weighted by Crippen LogP contribution is 2.64. The predicted octanol–water partition coefficient (Wildman–Crippen LogP) is 31.4. The average Bonchev–Trinajstić information content (AvgIpc) is 1.52. The van der Waals surface area contributed by atoms with E-state index in [1.54, 1.807) is 0 Å². The van der Waals surface area contributed by atoms with Gasteiger partial charge in [-0.2, -0.15) is 0 Å². The monoisotopic (exact) mass is 1670 g/mol. The molecule has 14 atom stereocenters. The number of rotatable bonds is 16. The maximum atomic E-state index is 5.89. The van der Waals surface area contributed by atoms with Crippen molar-refractivity contribution in [1.82, 2.24) is 16.0 Å². The van der Waals surface area contributed by atoms with Gasteiger partial charge in [-0.05, 0) is 390 Å². The number of ether oxygens (including phenoxy) is 3. The topological polar surface area (TPSA) is 63.8 Å². The van der Waals surface area contributed by atoms with Gasteiger partial charge in [-0.3, -0.25) is 0 Å². The van der Waals surface area contributed by atoms with Crippen LogP contribution in [0.4, 0.5) is 0 Å². The van der Waals surface area contributed by atoms with E-state index in [2.05, 4.69) is 238 Å². The van der Waals surface area contributed by atoms with E-state index in [0.29, 0.717) is 61.6 Å². The Morgan fingerprint density at radius 1 is 0.217 bits per heavy atom. The lowest BCUT2D eigenvalue weighted by molar-refractivity contribution is -0.171. The van der Waals surface area contributed by atoms with Crippen LogP contribution in [-0.2, 0) is 14.2 Å². The average molecular weight is 1680 g/mol. The molecule has 20 aliphatic rings. The van der Waals surface area contributed by atoms with Crippen LogP contribution in [0.1, 0.15) is 440 Å². The van der Waals surface area contributed by atoms with Crippen LogP contribution < -0.4 is 16.0 Å². The summed E-state index contributed by atoms with van der Waals surface area (Å²) in [4.78, 5) is 0. The van der Waals surface area contributed by atoms with Crippen molar-refractivity contribution in [2.75, 3.05) is 52.5 Å². The van der Waals surface area contributed by atoms with Crippen molar-refractivity contribution in [3.63, 3.8) is 0 Å². The SMILES string of the molecule is CC(C)C1(C(C)C)C2CCC1OC2.CC(C)C1(C(C)C)C2CCNCC1CC2.CC(C)C1(C(C)C)CC2CCC1CN2.CC(C)C1(C(C)C)CC2CCC1CO2.CC(C)C1(C(C)C)CC2CCC1CO2.CC(C)C1(C(C)C)CC2CCCC(CNC2)C1.CC(C)C1(C(C)C)CC2CCCC1CCC2.CC(C)C1(C(C)C)CC2CCCCC1CCC2. The third-order valence-electron chi connectivity index (χ3n) is 42.4. The van der Waals surface area contributed by atoms with Gasteiger partial charge in [0.05, 0.1) is 38.1 Å². The van der Waals surface area contributed by atoms with E-state index in [0.717, 1.165) is 192 Å². The van der Waals surface area contributed by atoms with Gasteiger partial charge in [0.2, 0.25) is 0 Å². The fraction of sp³-hybridized carbons (Fsp3) is 1.00. The smallest absolute Gasteiger partial charge is 0.0640 e. The van der Waals surface area contributed by atoms with Crippen LogP contribution in [0.2, 0.25) is 0 Å². The van der Waals surface area contributed by atoms with Crippen LogP contribution in [0.15, 0.2) is 0 Å². The third kappa shape index (κ3) is 21.4. The normalized spacial score (nSPS) is 34.8. The fourth-order valence-corrected chi connectivity index (χ4v) is 36.3. The van der Waals surface area contributed by atoms with Crippen LogP contribution in [-0.4, -0.2) is 76.9 Å². The molecule has 0 aromatic rings. The van der Waals surface area contributed by atoms with Crippen LogP contribution >= 0.6 is 0 Å². The molecule has 3 N–H and O–H groups in total. The molecule has 0 radical (unpaired) electrons. The van der Waals surface area contributed by atoms with E-state index in [9.17, 15) is 0 Å². The Morgan fingerprint density at radius 2 is 0.558 bits per heavy atom. The molecule has 20 rings (SSSR count). The first-order valence-corrected chi connectivity index (χ1v) is 54.6. The molecule has 10 saturated carbocycles. The lowest BCUT2D eigenvalue weighted by Gasteiger charge is -2.57. The van der Waals surface area contributed by atoms with E-state index in [-0.39, 0.29) is 0 Å². The largest absolute Gasteiger partial charge is 0.378 e. The Bertz CT molecular complexity index is 2630. The lowest BCUT2D eigenvalue weighted by atomic mass is 9.52. The summed E-state index contributed by atoms with van der Waals surface area (Å²) < 4.78 is 17.6. The minimum absolute atomic E-state index is 0.500. The van der Waals surface area contributed by atoms with Crippen molar-refractivity contribution < 1.29 is 14.2 Å². The molecule has 10 heterocycles. The number of hydrogen-bond donors (Lipinski definition) is 3. The molecule has 6 heteroatoms. The molecule has 120 heavy (non-hydrogen) atoms. The highest BCUT2D eigenvalue weighted by Gasteiger charge is 2.60. The van der Waals surface area contributed by atoms with E-state index < -0.39 is 0 Å². The van der Waals surface area contributed by atoms with Crippen molar-refractivity contribution in [2.45, 2.75) is 464 Å². The van der Waals surface area contributed by atoms with Crippen molar-refractivity contribution in [2.24, 2.45) is 209 Å². The number of hydrogen-bond acceptors (Lipinski definition) is 6. The van der Waals surface area contributed by atoms with Crippen molar-refractivity contribution >= 4 is 0 Å². The van der Waals surface area contributed by atoms with Crippen molar-refractivity contribution in [3.05, 3.63) is 0 Å². The maximum absolute atomic E-state index is 5.89. The van der Waals surface area contributed by atoms with Gasteiger partial charge >= 0.3 is 0 Å². The molecule has 0 aromatic carbocycles. The molecule has 10 saturated heterocycles. The molecule has 0 spiro atoms. The second-order valence-corrected chi connectivity index (χ2v) is 51.1. The van der Waals surface area contributed by atoms with Gasteiger partial charge in [0.25, 0.3) is 0 Å². The summed E-state index contributed by atoms with van der Waals surface area (Å²) in [5.74, 6) is 24.7. The van der Waals surface area contributed by atoms with Gasteiger partial charge < -0.3 is 30.2 Å². The number of piperidine rings is 2. The first-order chi connectivity index (χ1) is 56.6. The molecule has 0 amide bonds. The molecule has 704 valence electrons. The van der Waals surface area contributed by atoms with E-state index in [4.69, 9.17) is 14.2 Å². The maximum Gasteiger partial charge on any atom is 0.0640 e. The second-order valence-electron chi connectivity index (χ2n) is 51.1. The number of fused-ring (bicyclic) bond motifs is 25. The molecule has 10 aliphatic carbocycles. The molecule has 16 bridgehead atoms. The molecule has 20 fully saturated rings. The quantitative estimate of drug-likeness (QED) is 0.143. The van der Waals surface area contributed by atoms with Crippen LogP contribution in [0.25, 0.3) is 0 Å². The van der Waals surface area contributed by atoms with E-state index in [1.807, 2.05) is 0 Å². The summed E-state index contributed by atoms with van der Waals surface area (Å²) in [7, 11) is 0. The predicted molar refractivity (Wildman–Crippen MR) is 522 cm³/mol. The van der Waals surface area contributed by atoms with Gasteiger partial charge in [0.15, 0.2) is 0 Å². The van der Waals surface area contributed by atoms with Gasteiger partial charge in [-0.25, -0.2) is 0 Å². The highest BCUT2D eigenvalue weighted by atomic mass is 16.5. The number of nitrogens with one attached hydrogen (secondary N) is 3. The molecule has 10 aliphatic heterocycles. The zero-order valence-electron chi connectivity index (χ0n) is 86.9. The summed E-state index contributed by atoms with van der Waals surface area (Å²) in [5, 5.41) is 11.0. The zero-order valence-corrected chi connectivity index (χ0v) is 86.9. The van der Waals surface area contributed by atoms with Crippen molar-refractivity contribution in [1.29, 1.82) is 0 Å². The first-order valence-electron chi connectivity index (χ1n) is 54.6. The second kappa shape index (κ2) is 44.8. The minimum atomic E-state index is 0.500. The Morgan fingerprint density at radius 3 is 0.850 bits per heavy atom. The minimum Gasteiger partial charge on any atom is -0.378 e. The molecule has 6 nitrogen and oxygen atoms in total. The lowest BCUT2D eigenvalue weighted by Crippen LogP contribution is -2.58. The summed E-state index contributed by atoms with van der Waals surface area (Å²) >= 11 is 0. The molecular formula is C114H215N3O3. The Hall–Kier alpha value is -0.240. The van der Waals surface area contributed by atoms with Crippen LogP contribution in [0, 0.1) is 209 Å². The molecule has 0 aromatic heterocycles. The van der Waals surface area contributed by atoms with Gasteiger partial charge in [0, 0.05) is 11.5 Å². The summed E-state index contributed by atoms with van der Waals surface area (Å²) in [5.41, 5.74) is 4.83. The summed E-state index contributed by atoms with van der Waals surface area (Å²) in [6.45, 7) is 87.5. The van der Waals surface area contributed by atoms with E-state index >= 15 is 0 Å². The highest BCUT2D eigenvalue weighted by molar-refractivity contribution is 5.09. The van der Waals surface area contributed by atoms with E-state index in [1.165, 1.54) is 251 Å². The summed E-state index contributed by atoms with van der Waals surface area (Å²) in [6, 6.07) is 0.824. The third-order valence-corrected chi connectivity index (χ3v) is 42.4. The zero-order chi connectivity index (χ0) is 88.4. The first kappa shape index (κ1) is 103.